The summed E-state index contributed by atoms with van der Waals surface area (Å²) in [6.45, 7) is 0.423. The highest BCUT2D eigenvalue weighted by atomic mass is 19.4. The van der Waals surface area contributed by atoms with Gasteiger partial charge in [0.05, 0.1) is 11.1 Å². The highest BCUT2D eigenvalue weighted by Crippen LogP contribution is 2.32. The van der Waals surface area contributed by atoms with Gasteiger partial charge in [0.15, 0.2) is 18.1 Å². The lowest BCUT2D eigenvalue weighted by molar-refractivity contribution is -0.138. The fraction of sp³-hybridized carbons (Fsp3) is 0.300. The van der Waals surface area contributed by atoms with Crippen LogP contribution in [-0.2, 0) is 22.3 Å². The summed E-state index contributed by atoms with van der Waals surface area (Å²) in [6.07, 6.45) is -4.70. The highest BCUT2D eigenvalue weighted by molar-refractivity contribution is 5.93. The van der Waals surface area contributed by atoms with E-state index in [0.717, 1.165) is 17.7 Å². The van der Waals surface area contributed by atoms with Crippen molar-refractivity contribution in [2.75, 3.05) is 26.9 Å². The maximum atomic E-state index is 13.0. The molecule has 29 heavy (non-hydrogen) atoms. The number of likely N-dealkylation sites (N-methyl/N-ethyl adjacent to an activating group) is 1. The predicted molar refractivity (Wildman–Crippen MR) is 95.6 cm³/mol. The van der Waals surface area contributed by atoms with E-state index in [1.54, 1.807) is 18.2 Å². The van der Waals surface area contributed by atoms with E-state index in [2.05, 4.69) is 0 Å². The van der Waals surface area contributed by atoms with Crippen LogP contribution in [0.2, 0.25) is 0 Å². The van der Waals surface area contributed by atoms with Crippen molar-refractivity contribution >= 4 is 11.9 Å². The second kappa shape index (κ2) is 8.42. The number of ether oxygens (including phenoxy) is 3. The van der Waals surface area contributed by atoms with Crippen LogP contribution in [-0.4, -0.2) is 43.6 Å². The lowest BCUT2D eigenvalue weighted by Crippen LogP contribution is -2.31. The zero-order chi connectivity index (χ0) is 21.0. The standard InChI is InChI=1S/C20H18F3NO5/c1-24(11-13-6-7-16-17(10-13)28-9-8-27-16)18(25)12-29-19(26)14-4-2-3-5-15(14)20(21,22)23/h2-7,10H,8-9,11-12H2,1H3. The number of carbonyl (C=O) groups is 2. The fourth-order valence-electron chi connectivity index (χ4n) is 2.77. The van der Waals surface area contributed by atoms with Crippen LogP contribution in [0.25, 0.3) is 0 Å². The number of esters is 1. The first kappa shape index (κ1) is 20.5. The van der Waals surface area contributed by atoms with Gasteiger partial charge < -0.3 is 19.1 Å². The van der Waals surface area contributed by atoms with Crippen molar-refractivity contribution in [3.05, 3.63) is 59.2 Å². The van der Waals surface area contributed by atoms with Crippen molar-refractivity contribution in [2.24, 2.45) is 0 Å². The average molecular weight is 409 g/mol. The minimum absolute atomic E-state index is 0.201. The third kappa shape index (κ3) is 4.98. The quantitative estimate of drug-likeness (QED) is 0.709. The van der Waals surface area contributed by atoms with E-state index >= 15 is 0 Å². The molecular weight excluding hydrogens is 391 g/mol. The number of benzene rings is 2. The number of halogens is 3. The second-order valence-corrected chi connectivity index (χ2v) is 6.35. The van der Waals surface area contributed by atoms with Crippen molar-refractivity contribution in [3.63, 3.8) is 0 Å². The largest absolute Gasteiger partial charge is 0.486 e. The molecule has 0 aromatic heterocycles. The molecule has 1 heterocycles. The Kier molecular flexibility index (Phi) is 5.95. The number of amides is 1. The summed E-state index contributed by atoms with van der Waals surface area (Å²) < 4.78 is 54.7. The van der Waals surface area contributed by atoms with E-state index in [4.69, 9.17) is 14.2 Å². The van der Waals surface area contributed by atoms with Crippen LogP contribution in [0.4, 0.5) is 13.2 Å². The molecule has 2 aromatic rings. The van der Waals surface area contributed by atoms with Crippen LogP contribution in [0.5, 0.6) is 11.5 Å². The van der Waals surface area contributed by atoms with Gasteiger partial charge in [0.25, 0.3) is 5.91 Å². The van der Waals surface area contributed by atoms with Crippen LogP contribution in [0.15, 0.2) is 42.5 Å². The Bertz CT molecular complexity index is 913. The molecule has 1 amide bonds. The molecule has 0 N–H and O–H groups in total. The summed E-state index contributed by atoms with van der Waals surface area (Å²) in [5.74, 6) is -0.576. The van der Waals surface area contributed by atoms with E-state index < -0.39 is 35.8 Å². The van der Waals surface area contributed by atoms with Gasteiger partial charge in [0, 0.05) is 13.6 Å². The molecular formula is C20H18F3NO5. The molecule has 3 rings (SSSR count). The maximum Gasteiger partial charge on any atom is 0.417 e. The van der Waals surface area contributed by atoms with E-state index in [1.807, 2.05) is 0 Å². The maximum absolute atomic E-state index is 13.0. The number of fused-ring (bicyclic) bond motifs is 1. The summed E-state index contributed by atoms with van der Waals surface area (Å²) in [6, 6.07) is 9.50. The zero-order valence-electron chi connectivity index (χ0n) is 15.5. The molecule has 0 fully saturated rings. The molecule has 0 aliphatic carbocycles. The Morgan fingerprint density at radius 1 is 1.07 bits per heavy atom. The summed E-state index contributed by atoms with van der Waals surface area (Å²) in [5.41, 5.74) is -0.983. The SMILES string of the molecule is CN(Cc1ccc2c(c1)OCCO2)C(=O)COC(=O)c1ccccc1C(F)(F)F. The molecule has 0 saturated heterocycles. The predicted octanol–water partition coefficient (Wildman–Crippen LogP) is 3.29. The monoisotopic (exact) mass is 409 g/mol. The third-order valence-electron chi connectivity index (χ3n) is 4.23. The Morgan fingerprint density at radius 3 is 2.48 bits per heavy atom. The summed E-state index contributed by atoms with van der Waals surface area (Å²) in [5, 5.41) is 0. The van der Waals surface area contributed by atoms with E-state index in [9.17, 15) is 22.8 Å². The van der Waals surface area contributed by atoms with Gasteiger partial charge >= 0.3 is 12.1 Å². The first-order valence-corrected chi connectivity index (χ1v) is 8.71. The van der Waals surface area contributed by atoms with Crippen LogP contribution < -0.4 is 9.47 Å². The van der Waals surface area contributed by atoms with Crippen molar-refractivity contribution < 1.29 is 37.0 Å². The smallest absolute Gasteiger partial charge is 0.417 e. The summed E-state index contributed by atoms with van der Waals surface area (Å²) in [7, 11) is 1.50. The molecule has 1 aliphatic heterocycles. The highest BCUT2D eigenvalue weighted by Gasteiger charge is 2.35. The Labute approximate surface area is 164 Å². The van der Waals surface area contributed by atoms with Gasteiger partial charge in [-0.3, -0.25) is 4.79 Å². The number of nitrogens with zero attached hydrogens (tertiary/aromatic N) is 1. The first-order chi connectivity index (χ1) is 13.8. The normalized spacial score (nSPS) is 13.0. The molecule has 0 unspecified atom stereocenters. The van der Waals surface area contributed by atoms with Crippen LogP contribution in [0.1, 0.15) is 21.5 Å². The van der Waals surface area contributed by atoms with Crippen LogP contribution in [0.3, 0.4) is 0 Å². The number of hydrogen-bond acceptors (Lipinski definition) is 5. The van der Waals surface area contributed by atoms with Gasteiger partial charge in [-0.25, -0.2) is 4.79 Å². The van der Waals surface area contributed by atoms with E-state index in [0.29, 0.717) is 24.7 Å². The van der Waals surface area contributed by atoms with Gasteiger partial charge in [0.2, 0.25) is 0 Å². The van der Waals surface area contributed by atoms with Gasteiger partial charge in [-0.15, -0.1) is 0 Å². The second-order valence-electron chi connectivity index (χ2n) is 6.35. The van der Waals surface area contributed by atoms with E-state index in [1.165, 1.54) is 24.1 Å². The fourth-order valence-corrected chi connectivity index (χ4v) is 2.77. The van der Waals surface area contributed by atoms with Crippen molar-refractivity contribution in [1.82, 2.24) is 4.90 Å². The minimum atomic E-state index is -4.70. The topological polar surface area (TPSA) is 65.1 Å². The van der Waals surface area contributed by atoms with Crippen molar-refractivity contribution in [3.8, 4) is 11.5 Å². The van der Waals surface area contributed by atoms with Crippen LogP contribution >= 0.6 is 0 Å². The van der Waals surface area contributed by atoms with Gasteiger partial charge in [0.1, 0.15) is 13.2 Å². The molecule has 0 bridgehead atoms. The molecule has 6 nitrogen and oxygen atoms in total. The lowest BCUT2D eigenvalue weighted by Gasteiger charge is -2.21. The zero-order valence-corrected chi connectivity index (χ0v) is 15.5. The van der Waals surface area contributed by atoms with Crippen molar-refractivity contribution in [1.29, 1.82) is 0 Å². The molecule has 9 heteroatoms. The molecule has 0 radical (unpaired) electrons. The van der Waals surface area contributed by atoms with Gasteiger partial charge in [-0.05, 0) is 29.8 Å². The number of alkyl halides is 3. The summed E-state index contributed by atoms with van der Waals surface area (Å²) in [4.78, 5) is 25.6. The third-order valence-corrected chi connectivity index (χ3v) is 4.23. The first-order valence-electron chi connectivity index (χ1n) is 8.71. The molecule has 1 aliphatic rings. The van der Waals surface area contributed by atoms with Crippen molar-refractivity contribution in [2.45, 2.75) is 12.7 Å². The van der Waals surface area contributed by atoms with Gasteiger partial charge in [-0.1, -0.05) is 18.2 Å². The van der Waals surface area contributed by atoms with E-state index in [-0.39, 0.29) is 6.54 Å². The molecule has 154 valence electrons. The Balaban J connectivity index is 1.59. The van der Waals surface area contributed by atoms with Crippen LogP contribution in [0, 0.1) is 0 Å². The molecule has 0 spiro atoms. The average Bonchev–Trinajstić information content (AvgIpc) is 2.71. The number of rotatable bonds is 5. The minimum Gasteiger partial charge on any atom is -0.486 e. The van der Waals surface area contributed by atoms with Gasteiger partial charge in [-0.2, -0.15) is 13.2 Å². The number of hydrogen-bond donors (Lipinski definition) is 0. The summed E-state index contributed by atoms with van der Waals surface area (Å²) >= 11 is 0. The Hall–Kier alpha value is -3.23. The molecule has 2 aromatic carbocycles. The molecule has 0 saturated carbocycles. The molecule has 0 atom stereocenters. The Morgan fingerprint density at radius 2 is 1.76 bits per heavy atom. The lowest BCUT2D eigenvalue weighted by atomic mass is 10.1. The number of carbonyl (C=O) groups excluding carboxylic acids is 2.